The first-order valence-electron chi connectivity index (χ1n) is 8.93. The van der Waals surface area contributed by atoms with Gasteiger partial charge in [0.2, 0.25) is 5.43 Å². The van der Waals surface area contributed by atoms with Gasteiger partial charge >= 0.3 is 0 Å². The fraction of sp³-hybridized carbons (Fsp3) is 0.200. The third kappa shape index (κ3) is 4.33. The molecule has 0 bridgehead atoms. The van der Waals surface area contributed by atoms with Crippen LogP contribution in [-0.4, -0.2) is 46.6 Å². The molecule has 0 fully saturated rings. The van der Waals surface area contributed by atoms with Crippen LogP contribution < -0.4 is 15.1 Å². The number of aromatic nitrogens is 1. The predicted octanol–water partition coefficient (Wildman–Crippen LogP) is 2.38. The predicted molar refractivity (Wildman–Crippen MR) is 116 cm³/mol. The van der Waals surface area contributed by atoms with E-state index < -0.39 is 21.4 Å². The highest BCUT2D eigenvalue weighted by atomic mass is 35.5. The summed E-state index contributed by atoms with van der Waals surface area (Å²) < 4.78 is 32.1. The second-order valence-electron chi connectivity index (χ2n) is 6.44. The van der Waals surface area contributed by atoms with Crippen LogP contribution in [0.5, 0.6) is 0 Å². The van der Waals surface area contributed by atoms with Crippen molar-refractivity contribution in [2.45, 2.75) is 4.90 Å². The number of hydrogen-bond acceptors (Lipinski definition) is 5. The van der Waals surface area contributed by atoms with E-state index in [0.717, 1.165) is 4.31 Å². The van der Waals surface area contributed by atoms with Gasteiger partial charge in [0.25, 0.3) is 15.9 Å². The van der Waals surface area contributed by atoms with Crippen molar-refractivity contribution < 1.29 is 17.9 Å². The molecular weight excluding hydrogens is 430 g/mol. The van der Waals surface area contributed by atoms with Gasteiger partial charge in [-0.3, -0.25) is 13.9 Å². The molecule has 1 aromatic heterocycles. The van der Waals surface area contributed by atoms with Crippen LogP contribution in [0, 0.1) is 0 Å². The van der Waals surface area contributed by atoms with Crippen LogP contribution in [0.1, 0.15) is 10.4 Å². The number of ether oxygens (including phenoxy) is 1. The number of pyridine rings is 1. The number of benzene rings is 2. The molecule has 1 amide bonds. The van der Waals surface area contributed by atoms with Crippen LogP contribution in [0.25, 0.3) is 10.9 Å². The Kier molecular flexibility index (Phi) is 6.45. The molecule has 1 heterocycles. The molecule has 0 atom stereocenters. The second kappa shape index (κ2) is 8.86. The number of sulfonamides is 1. The third-order valence-electron chi connectivity index (χ3n) is 4.52. The van der Waals surface area contributed by atoms with Crippen molar-refractivity contribution in [1.29, 1.82) is 0 Å². The minimum Gasteiger partial charge on any atom is -0.383 e. The minimum atomic E-state index is -3.96. The first kappa shape index (κ1) is 21.8. The number of amides is 1. The number of carbonyl (C=O) groups excluding carboxylic acids is 1. The monoisotopic (exact) mass is 449 g/mol. The van der Waals surface area contributed by atoms with E-state index in [4.69, 9.17) is 16.3 Å². The molecule has 0 spiro atoms. The Bertz CT molecular complexity index is 1260. The van der Waals surface area contributed by atoms with E-state index in [1.807, 2.05) is 0 Å². The lowest BCUT2D eigenvalue weighted by atomic mass is 10.1. The van der Waals surface area contributed by atoms with Gasteiger partial charge in [-0.2, -0.15) is 0 Å². The maximum Gasteiger partial charge on any atom is 0.264 e. The maximum atomic E-state index is 13.1. The molecule has 0 radical (unpaired) electrons. The average Bonchev–Trinajstić information content (AvgIpc) is 2.73. The summed E-state index contributed by atoms with van der Waals surface area (Å²) in [5.41, 5.74) is 0.109. The van der Waals surface area contributed by atoms with Gasteiger partial charge in [0.05, 0.1) is 17.2 Å². The van der Waals surface area contributed by atoms with E-state index in [1.54, 1.807) is 18.2 Å². The smallest absolute Gasteiger partial charge is 0.264 e. The molecule has 3 aromatic rings. The van der Waals surface area contributed by atoms with Crippen LogP contribution in [-0.2, 0) is 14.8 Å². The summed E-state index contributed by atoms with van der Waals surface area (Å²) in [7, 11) is -1.07. The number of H-pyrrole nitrogens is 1. The summed E-state index contributed by atoms with van der Waals surface area (Å²) >= 11 is 5.96. The van der Waals surface area contributed by atoms with E-state index in [2.05, 4.69) is 10.3 Å². The van der Waals surface area contributed by atoms with Gasteiger partial charge in [0, 0.05) is 42.8 Å². The molecular formula is C20H20ClN3O5S. The Morgan fingerprint density at radius 2 is 2.00 bits per heavy atom. The van der Waals surface area contributed by atoms with E-state index >= 15 is 0 Å². The lowest BCUT2D eigenvalue weighted by Crippen LogP contribution is -2.31. The number of nitrogens with zero attached hydrogens (tertiary/aromatic N) is 1. The maximum absolute atomic E-state index is 13.1. The number of aromatic amines is 1. The van der Waals surface area contributed by atoms with Gasteiger partial charge in [-0.15, -0.1) is 0 Å². The zero-order chi connectivity index (χ0) is 21.9. The van der Waals surface area contributed by atoms with E-state index in [1.165, 1.54) is 44.6 Å². The third-order valence-corrected chi connectivity index (χ3v) is 6.54. The molecule has 10 heteroatoms. The van der Waals surface area contributed by atoms with Gasteiger partial charge in [-0.05, 0) is 36.4 Å². The van der Waals surface area contributed by atoms with Crippen molar-refractivity contribution in [2.24, 2.45) is 0 Å². The first-order chi connectivity index (χ1) is 14.3. The molecule has 30 heavy (non-hydrogen) atoms. The fourth-order valence-corrected chi connectivity index (χ4v) is 4.26. The summed E-state index contributed by atoms with van der Waals surface area (Å²) in [5, 5.41) is 3.06. The molecule has 0 unspecified atom stereocenters. The van der Waals surface area contributed by atoms with Crippen molar-refractivity contribution in [3.05, 3.63) is 69.5 Å². The van der Waals surface area contributed by atoms with E-state index in [9.17, 15) is 18.0 Å². The highest BCUT2D eigenvalue weighted by Crippen LogP contribution is 2.25. The molecule has 2 aromatic carbocycles. The Labute approximate surface area is 178 Å². The molecule has 0 saturated carbocycles. The fourth-order valence-electron chi connectivity index (χ4n) is 2.86. The Balaban J connectivity index is 2.02. The number of halogens is 1. The van der Waals surface area contributed by atoms with Crippen molar-refractivity contribution in [3.8, 4) is 0 Å². The summed E-state index contributed by atoms with van der Waals surface area (Å²) in [6, 6.07) is 10.6. The number of hydrogen-bond donors (Lipinski definition) is 2. The van der Waals surface area contributed by atoms with Crippen molar-refractivity contribution in [2.75, 3.05) is 31.6 Å². The number of methoxy groups -OCH3 is 1. The standard InChI is InChI=1S/C20H20ClN3O5S/c1-24(14-5-3-4-13(21)10-14)30(27,28)15-6-7-18-16(11-15)19(25)17(12-23-18)20(26)22-8-9-29-2/h3-7,10-12H,8-9H2,1-2H3,(H,22,26)(H,23,25). The SMILES string of the molecule is COCCNC(=O)c1c[nH]c2ccc(S(=O)(=O)N(C)c3cccc(Cl)c3)cc2c1=O. The number of rotatable bonds is 7. The number of anilines is 1. The number of fused-ring (bicyclic) bond motifs is 1. The van der Waals surface area contributed by atoms with Crippen LogP contribution in [0.15, 0.2) is 58.4 Å². The molecule has 3 rings (SSSR count). The molecule has 0 aliphatic rings. The highest BCUT2D eigenvalue weighted by Gasteiger charge is 2.23. The second-order valence-corrected chi connectivity index (χ2v) is 8.85. The van der Waals surface area contributed by atoms with E-state index in [-0.39, 0.29) is 22.4 Å². The molecule has 0 aliphatic carbocycles. The zero-order valence-corrected chi connectivity index (χ0v) is 17.9. The largest absolute Gasteiger partial charge is 0.383 e. The van der Waals surface area contributed by atoms with E-state index in [0.29, 0.717) is 22.8 Å². The van der Waals surface area contributed by atoms with Crippen molar-refractivity contribution in [1.82, 2.24) is 10.3 Å². The highest BCUT2D eigenvalue weighted by molar-refractivity contribution is 7.92. The van der Waals surface area contributed by atoms with Crippen LogP contribution >= 0.6 is 11.6 Å². The van der Waals surface area contributed by atoms with Gasteiger partial charge in [-0.1, -0.05) is 17.7 Å². The zero-order valence-electron chi connectivity index (χ0n) is 16.3. The lowest BCUT2D eigenvalue weighted by molar-refractivity contribution is 0.0936. The molecule has 0 aliphatic heterocycles. The lowest BCUT2D eigenvalue weighted by Gasteiger charge is -2.20. The topological polar surface area (TPSA) is 109 Å². The Hall–Kier alpha value is -2.88. The molecule has 0 saturated heterocycles. The minimum absolute atomic E-state index is 0.0834. The Morgan fingerprint density at radius 3 is 2.70 bits per heavy atom. The number of carbonyl (C=O) groups is 1. The summed E-state index contributed by atoms with van der Waals surface area (Å²) in [6.07, 6.45) is 1.30. The summed E-state index contributed by atoms with van der Waals surface area (Å²) in [5.74, 6) is -0.570. The average molecular weight is 450 g/mol. The summed E-state index contributed by atoms with van der Waals surface area (Å²) in [6.45, 7) is 0.543. The first-order valence-corrected chi connectivity index (χ1v) is 10.7. The quantitative estimate of drug-likeness (QED) is 0.538. The van der Waals surface area contributed by atoms with Gasteiger partial charge in [-0.25, -0.2) is 8.42 Å². The van der Waals surface area contributed by atoms with Crippen LogP contribution in [0.4, 0.5) is 5.69 Å². The van der Waals surface area contributed by atoms with Crippen molar-refractivity contribution >= 4 is 44.1 Å². The normalized spacial score (nSPS) is 11.4. The van der Waals surface area contributed by atoms with Gasteiger partial charge in [0.1, 0.15) is 5.56 Å². The van der Waals surface area contributed by atoms with Gasteiger partial charge < -0.3 is 15.0 Å². The Morgan fingerprint density at radius 1 is 1.23 bits per heavy atom. The number of nitrogens with one attached hydrogen (secondary N) is 2. The molecule has 158 valence electrons. The molecule has 2 N–H and O–H groups in total. The van der Waals surface area contributed by atoms with Gasteiger partial charge in [0.15, 0.2) is 0 Å². The molecule has 8 nitrogen and oxygen atoms in total. The summed E-state index contributed by atoms with van der Waals surface area (Å²) in [4.78, 5) is 27.9. The van der Waals surface area contributed by atoms with Crippen LogP contribution in [0.2, 0.25) is 5.02 Å². The van der Waals surface area contributed by atoms with Crippen LogP contribution in [0.3, 0.4) is 0 Å². The van der Waals surface area contributed by atoms with Crippen molar-refractivity contribution in [3.63, 3.8) is 0 Å².